The van der Waals surface area contributed by atoms with Crippen molar-refractivity contribution in [3.05, 3.63) is 65.4 Å². The lowest BCUT2D eigenvalue weighted by atomic mass is 10.1. The van der Waals surface area contributed by atoms with E-state index in [0.717, 1.165) is 11.1 Å². The number of aryl methyl sites for hydroxylation is 2. The van der Waals surface area contributed by atoms with Crippen molar-refractivity contribution in [3.8, 4) is 0 Å². The highest BCUT2D eigenvalue weighted by atomic mass is 32.2. The maximum atomic E-state index is 13.2. The number of rotatable bonds is 5. The predicted octanol–water partition coefficient (Wildman–Crippen LogP) is 2.61. The lowest BCUT2D eigenvalue weighted by molar-refractivity contribution is 0.581. The molecule has 0 fully saturated rings. The molecule has 0 unspecified atom stereocenters. The number of fused-ring (bicyclic) bond motifs is 1. The fourth-order valence-electron chi connectivity index (χ4n) is 2.42. The molecule has 0 radical (unpaired) electrons. The summed E-state index contributed by atoms with van der Waals surface area (Å²) in [7, 11) is -3.55. The van der Waals surface area contributed by atoms with Gasteiger partial charge in [0.2, 0.25) is 10.0 Å². The van der Waals surface area contributed by atoms with Crippen molar-refractivity contribution in [3.63, 3.8) is 0 Å². The Morgan fingerprint density at radius 2 is 1.92 bits per heavy atom. The van der Waals surface area contributed by atoms with Gasteiger partial charge in [0.15, 0.2) is 0 Å². The van der Waals surface area contributed by atoms with Crippen molar-refractivity contribution >= 4 is 15.7 Å². The smallest absolute Gasteiger partial charge is 0.240 e. The zero-order valence-electron chi connectivity index (χ0n) is 13.5. The summed E-state index contributed by atoms with van der Waals surface area (Å²) in [4.78, 5) is 4.59. The fourth-order valence-corrected chi connectivity index (χ4v) is 3.53. The van der Waals surface area contributed by atoms with Crippen molar-refractivity contribution in [2.24, 2.45) is 0 Å². The number of hydrogen-bond donors (Lipinski definition) is 1. The van der Waals surface area contributed by atoms with Crippen LogP contribution in [0.1, 0.15) is 16.8 Å². The van der Waals surface area contributed by atoms with Crippen LogP contribution in [0.5, 0.6) is 0 Å². The highest BCUT2D eigenvalue weighted by Gasteiger charge is 2.14. The molecular weight excluding hydrogens is 329 g/mol. The molecule has 126 valence electrons. The molecule has 1 N–H and O–H groups in total. The molecule has 7 heteroatoms. The van der Waals surface area contributed by atoms with Gasteiger partial charge in [-0.25, -0.2) is 22.5 Å². The van der Waals surface area contributed by atoms with Crippen LogP contribution < -0.4 is 4.72 Å². The molecule has 0 amide bonds. The van der Waals surface area contributed by atoms with Crippen molar-refractivity contribution in [1.29, 1.82) is 0 Å². The Labute approximate surface area is 140 Å². The Bertz CT molecular complexity index is 996. The summed E-state index contributed by atoms with van der Waals surface area (Å²) in [6.07, 6.45) is 3.46. The SMILES string of the molecule is Cc1ccc(S(=O)(=O)NCCc2cn3cc(F)ccc3n2)cc1C. The lowest BCUT2D eigenvalue weighted by Crippen LogP contribution is -2.26. The molecule has 0 aliphatic rings. The second kappa shape index (κ2) is 6.33. The van der Waals surface area contributed by atoms with E-state index in [2.05, 4.69) is 9.71 Å². The van der Waals surface area contributed by atoms with Gasteiger partial charge in [-0.15, -0.1) is 0 Å². The molecule has 0 aliphatic heterocycles. The van der Waals surface area contributed by atoms with Gasteiger partial charge in [-0.3, -0.25) is 0 Å². The van der Waals surface area contributed by atoms with Crippen molar-refractivity contribution in [2.45, 2.75) is 25.2 Å². The number of pyridine rings is 1. The van der Waals surface area contributed by atoms with Gasteiger partial charge in [-0.05, 0) is 49.2 Å². The first-order valence-corrected chi connectivity index (χ1v) is 9.03. The highest BCUT2D eigenvalue weighted by molar-refractivity contribution is 7.89. The highest BCUT2D eigenvalue weighted by Crippen LogP contribution is 2.14. The molecule has 5 nitrogen and oxygen atoms in total. The molecule has 2 heterocycles. The monoisotopic (exact) mass is 347 g/mol. The van der Waals surface area contributed by atoms with E-state index in [0.29, 0.717) is 17.8 Å². The molecule has 0 aliphatic carbocycles. The molecule has 0 saturated heterocycles. The van der Waals surface area contributed by atoms with Gasteiger partial charge in [0.25, 0.3) is 0 Å². The third kappa shape index (κ3) is 3.47. The van der Waals surface area contributed by atoms with E-state index in [4.69, 9.17) is 0 Å². The normalized spacial score (nSPS) is 12.0. The maximum absolute atomic E-state index is 13.2. The summed E-state index contributed by atoms with van der Waals surface area (Å²) in [6.45, 7) is 4.04. The van der Waals surface area contributed by atoms with Crippen LogP contribution in [0.3, 0.4) is 0 Å². The molecule has 0 spiro atoms. The molecule has 24 heavy (non-hydrogen) atoms. The van der Waals surface area contributed by atoms with Gasteiger partial charge in [0.05, 0.1) is 10.6 Å². The molecule has 3 aromatic rings. The summed E-state index contributed by atoms with van der Waals surface area (Å²) < 4.78 is 42.0. The summed E-state index contributed by atoms with van der Waals surface area (Å²) in [5, 5.41) is 0. The van der Waals surface area contributed by atoms with Gasteiger partial charge in [0.1, 0.15) is 11.5 Å². The Balaban J connectivity index is 1.68. The number of halogens is 1. The van der Waals surface area contributed by atoms with Crippen LogP contribution in [0.2, 0.25) is 0 Å². The molecule has 0 atom stereocenters. The molecular formula is C17H18FN3O2S. The second-order valence-corrected chi connectivity index (χ2v) is 7.51. The quantitative estimate of drug-likeness (QED) is 0.772. The maximum Gasteiger partial charge on any atom is 0.240 e. The van der Waals surface area contributed by atoms with E-state index in [-0.39, 0.29) is 17.3 Å². The van der Waals surface area contributed by atoms with Crippen LogP contribution in [-0.4, -0.2) is 24.3 Å². The third-order valence-electron chi connectivity index (χ3n) is 3.93. The Kier molecular flexibility index (Phi) is 4.38. The molecule has 3 rings (SSSR count). The summed E-state index contributed by atoms with van der Waals surface area (Å²) >= 11 is 0. The van der Waals surface area contributed by atoms with Crippen molar-refractivity contribution < 1.29 is 12.8 Å². The number of nitrogens with one attached hydrogen (secondary N) is 1. The Hall–Kier alpha value is -2.25. The summed E-state index contributed by atoms with van der Waals surface area (Å²) in [6, 6.07) is 7.97. The zero-order valence-corrected chi connectivity index (χ0v) is 14.3. The van der Waals surface area contributed by atoms with E-state index in [1.165, 1.54) is 12.3 Å². The van der Waals surface area contributed by atoms with Crippen molar-refractivity contribution in [1.82, 2.24) is 14.1 Å². The van der Waals surface area contributed by atoms with E-state index in [1.54, 1.807) is 34.9 Å². The molecule has 2 aromatic heterocycles. The molecule has 0 bridgehead atoms. The minimum Gasteiger partial charge on any atom is -0.304 e. The fraction of sp³-hybridized carbons (Fsp3) is 0.235. The Morgan fingerprint density at radius 1 is 1.12 bits per heavy atom. The van der Waals surface area contributed by atoms with Gasteiger partial charge < -0.3 is 4.40 Å². The molecule has 1 aromatic carbocycles. The van der Waals surface area contributed by atoms with Gasteiger partial charge in [0, 0.05) is 25.4 Å². The van der Waals surface area contributed by atoms with E-state index in [9.17, 15) is 12.8 Å². The topological polar surface area (TPSA) is 63.5 Å². The second-order valence-electron chi connectivity index (χ2n) is 5.74. The molecule has 0 saturated carbocycles. The largest absolute Gasteiger partial charge is 0.304 e. The number of aromatic nitrogens is 2. The van der Waals surface area contributed by atoms with Crippen LogP contribution >= 0.6 is 0 Å². The van der Waals surface area contributed by atoms with Crippen molar-refractivity contribution in [2.75, 3.05) is 6.54 Å². The first-order chi connectivity index (χ1) is 11.3. The average Bonchev–Trinajstić information content (AvgIpc) is 2.91. The number of nitrogens with zero attached hydrogens (tertiary/aromatic N) is 2. The van der Waals surface area contributed by atoms with Crippen LogP contribution in [0, 0.1) is 19.7 Å². The average molecular weight is 347 g/mol. The summed E-state index contributed by atoms with van der Waals surface area (Å²) in [5.74, 6) is -0.345. The van der Waals surface area contributed by atoms with E-state index < -0.39 is 10.0 Å². The van der Waals surface area contributed by atoms with Crippen LogP contribution in [0.25, 0.3) is 5.65 Å². The van der Waals surface area contributed by atoms with Gasteiger partial charge in [-0.1, -0.05) is 6.07 Å². The van der Waals surface area contributed by atoms with E-state index in [1.807, 2.05) is 13.8 Å². The van der Waals surface area contributed by atoms with Crippen LogP contribution in [0.4, 0.5) is 4.39 Å². The number of hydrogen-bond acceptors (Lipinski definition) is 3. The third-order valence-corrected chi connectivity index (χ3v) is 5.39. The van der Waals surface area contributed by atoms with Gasteiger partial charge >= 0.3 is 0 Å². The van der Waals surface area contributed by atoms with E-state index >= 15 is 0 Å². The number of sulfonamides is 1. The zero-order chi connectivity index (χ0) is 17.3. The Morgan fingerprint density at radius 3 is 2.67 bits per heavy atom. The van der Waals surface area contributed by atoms with Gasteiger partial charge in [-0.2, -0.15) is 0 Å². The minimum absolute atomic E-state index is 0.224. The number of benzene rings is 1. The predicted molar refractivity (Wildman–Crippen MR) is 90.0 cm³/mol. The number of imidazole rings is 1. The standard InChI is InChI=1S/C17H18FN3O2S/c1-12-3-5-16(9-13(12)2)24(22,23)19-8-7-15-11-21-10-14(18)4-6-17(21)20-15/h3-6,9-11,19H,7-8H2,1-2H3. The lowest BCUT2D eigenvalue weighted by Gasteiger charge is -2.08. The van der Waals surface area contributed by atoms with Crippen LogP contribution in [0.15, 0.2) is 47.6 Å². The first kappa shape index (κ1) is 16.6. The summed E-state index contributed by atoms with van der Waals surface area (Å²) in [5.41, 5.74) is 3.30. The first-order valence-electron chi connectivity index (χ1n) is 7.55. The van der Waals surface area contributed by atoms with Crippen LogP contribution in [-0.2, 0) is 16.4 Å². The minimum atomic E-state index is -3.55.